The number of ether oxygens (including phenoxy) is 2. The predicted molar refractivity (Wildman–Crippen MR) is 84.0 cm³/mol. The van der Waals surface area contributed by atoms with Crippen molar-refractivity contribution in [2.75, 3.05) is 6.61 Å². The summed E-state index contributed by atoms with van der Waals surface area (Å²) in [6, 6.07) is 6.05. The third kappa shape index (κ3) is 2.38. The van der Waals surface area contributed by atoms with E-state index >= 15 is 0 Å². The number of fused-ring (bicyclic) bond motifs is 3. The van der Waals surface area contributed by atoms with Crippen molar-refractivity contribution >= 4 is 32.8 Å². The fourth-order valence-corrected chi connectivity index (χ4v) is 3.73. The van der Waals surface area contributed by atoms with Gasteiger partial charge in [-0.15, -0.1) is 0 Å². The first kappa shape index (κ1) is 14.6. The minimum Gasteiger partial charge on any atom is -0.427 e. The number of rotatable bonds is 3. The maximum atomic E-state index is 11.6. The lowest BCUT2D eigenvalue weighted by atomic mass is 9.97. The molecule has 2 heterocycles. The summed E-state index contributed by atoms with van der Waals surface area (Å²) in [4.78, 5) is 15.0. The molecule has 2 aromatic rings. The summed E-state index contributed by atoms with van der Waals surface area (Å²) in [5.41, 5.74) is 3.10. The number of aromatic nitrogens is 1. The maximum Gasteiger partial charge on any atom is 0.305 e. The largest absolute Gasteiger partial charge is 0.427 e. The summed E-state index contributed by atoms with van der Waals surface area (Å²) in [5, 5.41) is 1.16. The Labute approximate surface area is 131 Å². The fourth-order valence-electron chi connectivity index (χ4n) is 3.13. The topological polar surface area (TPSA) is 51.3 Å². The van der Waals surface area contributed by atoms with Crippen molar-refractivity contribution in [1.82, 2.24) is 4.98 Å². The fraction of sp³-hybridized carbons (Fsp3) is 0.438. The standard InChI is InChI=1S/C16H18BrNO3/c1-3-8-16(21-10(2)19)15-11(7-9-20-16)14-12(17)5-4-6-13(14)18-15/h4-6,18H,3,7-9H2,1-2H3. The van der Waals surface area contributed by atoms with Crippen LogP contribution < -0.4 is 0 Å². The molecule has 5 heteroatoms. The molecule has 1 atom stereocenters. The van der Waals surface area contributed by atoms with Crippen LogP contribution in [-0.4, -0.2) is 17.6 Å². The number of benzene rings is 1. The Kier molecular flexibility index (Phi) is 3.80. The van der Waals surface area contributed by atoms with Gasteiger partial charge in [0.1, 0.15) is 0 Å². The molecule has 1 N–H and O–H groups in total. The van der Waals surface area contributed by atoms with E-state index in [2.05, 4.69) is 27.8 Å². The van der Waals surface area contributed by atoms with Crippen molar-refractivity contribution in [2.45, 2.75) is 38.9 Å². The average Bonchev–Trinajstić information content (AvgIpc) is 2.80. The highest BCUT2D eigenvalue weighted by atomic mass is 79.9. The molecule has 0 saturated carbocycles. The molecule has 0 aliphatic carbocycles. The van der Waals surface area contributed by atoms with Crippen molar-refractivity contribution in [3.05, 3.63) is 33.9 Å². The molecule has 1 unspecified atom stereocenters. The first-order chi connectivity index (χ1) is 10.1. The highest BCUT2D eigenvalue weighted by Gasteiger charge is 2.43. The number of hydrogen-bond acceptors (Lipinski definition) is 3. The zero-order valence-electron chi connectivity index (χ0n) is 12.2. The van der Waals surface area contributed by atoms with Gasteiger partial charge in [0, 0.05) is 28.7 Å². The zero-order valence-corrected chi connectivity index (χ0v) is 13.7. The van der Waals surface area contributed by atoms with Crippen LogP contribution >= 0.6 is 15.9 Å². The van der Waals surface area contributed by atoms with Gasteiger partial charge in [0.25, 0.3) is 5.79 Å². The average molecular weight is 352 g/mol. The van der Waals surface area contributed by atoms with E-state index in [4.69, 9.17) is 9.47 Å². The highest BCUT2D eigenvalue weighted by Crippen LogP contribution is 2.42. The molecule has 112 valence electrons. The van der Waals surface area contributed by atoms with Crippen LogP contribution in [0.15, 0.2) is 22.7 Å². The number of halogens is 1. The summed E-state index contributed by atoms with van der Waals surface area (Å²) < 4.78 is 12.6. The van der Waals surface area contributed by atoms with Crippen molar-refractivity contribution in [3.8, 4) is 0 Å². The Bertz CT molecular complexity index is 694. The summed E-state index contributed by atoms with van der Waals surface area (Å²) in [7, 11) is 0. The van der Waals surface area contributed by atoms with Gasteiger partial charge in [0.2, 0.25) is 0 Å². The van der Waals surface area contributed by atoms with Gasteiger partial charge >= 0.3 is 5.97 Å². The Morgan fingerprint density at radius 3 is 3.05 bits per heavy atom. The number of carbonyl (C=O) groups is 1. The van der Waals surface area contributed by atoms with Gasteiger partial charge in [0.15, 0.2) is 0 Å². The zero-order chi connectivity index (χ0) is 15.0. The minimum atomic E-state index is -0.980. The molecule has 4 nitrogen and oxygen atoms in total. The van der Waals surface area contributed by atoms with Crippen molar-refractivity contribution in [3.63, 3.8) is 0 Å². The molecule has 1 aromatic heterocycles. The van der Waals surface area contributed by atoms with Crippen LogP contribution in [0.25, 0.3) is 10.9 Å². The number of nitrogens with one attached hydrogen (secondary N) is 1. The quantitative estimate of drug-likeness (QED) is 0.849. The Morgan fingerprint density at radius 2 is 2.33 bits per heavy atom. The Balaban J connectivity index is 2.22. The van der Waals surface area contributed by atoms with Crippen LogP contribution in [0.4, 0.5) is 0 Å². The third-order valence-electron chi connectivity index (χ3n) is 3.83. The molecule has 0 bridgehead atoms. The van der Waals surface area contributed by atoms with E-state index in [9.17, 15) is 4.79 Å². The normalized spacial score (nSPS) is 21.3. The molecule has 0 amide bonds. The number of aromatic amines is 1. The molecule has 21 heavy (non-hydrogen) atoms. The molecule has 0 saturated heterocycles. The summed E-state index contributed by atoms with van der Waals surface area (Å²) in [6.45, 7) is 4.03. The van der Waals surface area contributed by atoms with Crippen molar-refractivity contribution < 1.29 is 14.3 Å². The molecule has 1 aromatic carbocycles. The number of carbonyl (C=O) groups excluding carboxylic acids is 1. The van der Waals surface area contributed by atoms with E-state index in [0.717, 1.165) is 33.9 Å². The van der Waals surface area contributed by atoms with Crippen molar-refractivity contribution in [2.24, 2.45) is 0 Å². The molecular formula is C16H18BrNO3. The van der Waals surface area contributed by atoms with E-state index in [1.165, 1.54) is 12.5 Å². The predicted octanol–water partition coefficient (Wildman–Crippen LogP) is 4.02. The summed E-state index contributed by atoms with van der Waals surface area (Å²) in [5.74, 6) is -1.30. The Morgan fingerprint density at radius 1 is 1.52 bits per heavy atom. The van der Waals surface area contributed by atoms with Crippen LogP contribution in [0.2, 0.25) is 0 Å². The molecule has 0 spiro atoms. The molecule has 0 fully saturated rings. The van der Waals surface area contributed by atoms with Crippen LogP contribution in [0.5, 0.6) is 0 Å². The first-order valence-electron chi connectivity index (χ1n) is 7.20. The highest BCUT2D eigenvalue weighted by molar-refractivity contribution is 9.10. The van der Waals surface area contributed by atoms with Crippen LogP contribution in [-0.2, 0) is 26.5 Å². The smallest absolute Gasteiger partial charge is 0.305 e. The molecule has 3 rings (SSSR count). The lowest BCUT2D eigenvalue weighted by molar-refractivity contribution is -0.247. The molecule has 1 aliphatic rings. The van der Waals surface area contributed by atoms with Gasteiger partial charge in [-0.1, -0.05) is 28.9 Å². The number of H-pyrrole nitrogens is 1. The molecular weight excluding hydrogens is 334 g/mol. The van der Waals surface area contributed by atoms with Crippen LogP contribution in [0.1, 0.15) is 37.9 Å². The Hall–Kier alpha value is -1.33. The maximum absolute atomic E-state index is 11.6. The second-order valence-corrected chi connectivity index (χ2v) is 6.19. The van der Waals surface area contributed by atoms with Crippen LogP contribution in [0, 0.1) is 0 Å². The summed E-state index contributed by atoms with van der Waals surface area (Å²) >= 11 is 3.61. The summed E-state index contributed by atoms with van der Waals surface area (Å²) in [6.07, 6.45) is 2.32. The van der Waals surface area contributed by atoms with Gasteiger partial charge in [0.05, 0.1) is 12.3 Å². The second kappa shape index (κ2) is 5.46. The van der Waals surface area contributed by atoms with Crippen molar-refractivity contribution in [1.29, 1.82) is 0 Å². The van der Waals surface area contributed by atoms with E-state index < -0.39 is 5.79 Å². The lowest BCUT2D eigenvalue weighted by Gasteiger charge is -2.36. The van der Waals surface area contributed by atoms with E-state index in [1.54, 1.807) is 0 Å². The van der Waals surface area contributed by atoms with Gasteiger partial charge in [-0.05, 0) is 30.5 Å². The number of hydrogen-bond donors (Lipinski definition) is 1. The SMILES string of the molecule is CCCC1(OC(C)=O)OCCc2c1[nH]c1cccc(Br)c21. The second-order valence-electron chi connectivity index (χ2n) is 5.34. The van der Waals surface area contributed by atoms with Crippen LogP contribution in [0.3, 0.4) is 0 Å². The van der Waals surface area contributed by atoms with E-state index in [-0.39, 0.29) is 5.97 Å². The monoisotopic (exact) mass is 351 g/mol. The third-order valence-corrected chi connectivity index (χ3v) is 4.49. The lowest BCUT2D eigenvalue weighted by Crippen LogP contribution is -2.39. The van der Waals surface area contributed by atoms with Gasteiger partial charge in [-0.3, -0.25) is 4.79 Å². The first-order valence-corrected chi connectivity index (χ1v) is 8.00. The molecule has 1 aliphatic heterocycles. The van der Waals surface area contributed by atoms with Gasteiger partial charge < -0.3 is 14.5 Å². The molecule has 0 radical (unpaired) electrons. The van der Waals surface area contributed by atoms with Gasteiger partial charge in [-0.25, -0.2) is 0 Å². The minimum absolute atomic E-state index is 0.325. The number of esters is 1. The van der Waals surface area contributed by atoms with E-state index in [0.29, 0.717) is 13.0 Å². The van der Waals surface area contributed by atoms with E-state index in [1.807, 2.05) is 18.2 Å². The van der Waals surface area contributed by atoms with Gasteiger partial charge in [-0.2, -0.15) is 0 Å².